The molecule has 5 heteroatoms. The van der Waals surface area contributed by atoms with Crippen molar-refractivity contribution in [1.29, 1.82) is 0 Å². The van der Waals surface area contributed by atoms with E-state index in [0.29, 0.717) is 11.4 Å². The van der Waals surface area contributed by atoms with Gasteiger partial charge in [0.15, 0.2) is 0 Å². The standard InChI is InChI=1S/C21H25N3O2/c1-21(2,3)15-9-11-16(12-10-15)22-19(25)17-7-6-8-18(23-17)20(26)24-13-4-5-14-24/h6-12H,4-5,13-14H2,1-3H3,(H,22,25). The van der Waals surface area contributed by atoms with Gasteiger partial charge in [0, 0.05) is 18.8 Å². The molecule has 1 N–H and O–H groups in total. The summed E-state index contributed by atoms with van der Waals surface area (Å²) in [5.74, 6) is -0.420. The Kier molecular flexibility index (Phi) is 5.07. The molecule has 0 aliphatic carbocycles. The molecule has 1 saturated heterocycles. The van der Waals surface area contributed by atoms with Gasteiger partial charge in [-0.3, -0.25) is 9.59 Å². The van der Waals surface area contributed by atoms with E-state index < -0.39 is 0 Å². The SMILES string of the molecule is CC(C)(C)c1ccc(NC(=O)c2cccc(C(=O)N3CCCC3)n2)cc1. The smallest absolute Gasteiger partial charge is 0.274 e. The minimum atomic E-state index is -0.315. The van der Waals surface area contributed by atoms with E-state index in [1.165, 1.54) is 5.56 Å². The van der Waals surface area contributed by atoms with Gasteiger partial charge in [-0.1, -0.05) is 39.0 Å². The highest BCUT2D eigenvalue weighted by atomic mass is 16.2. The second-order valence-corrected chi connectivity index (χ2v) is 7.69. The monoisotopic (exact) mass is 351 g/mol. The van der Waals surface area contributed by atoms with E-state index in [9.17, 15) is 9.59 Å². The number of nitrogens with zero attached hydrogens (tertiary/aromatic N) is 2. The Bertz CT molecular complexity index is 801. The van der Waals surface area contributed by atoms with E-state index in [-0.39, 0.29) is 22.9 Å². The number of anilines is 1. The number of rotatable bonds is 3. The summed E-state index contributed by atoms with van der Waals surface area (Å²) in [5, 5.41) is 2.85. The van der Waals surface area contributed by atoms with Gasteiger partial charge in [-0.2, -0.15) is 0 Å². The number of hydrogen-bond acceptors (Lipinski definition) is 3. The van der Waals surface area contributed by atoms with Crippen molar-refractivity contribution in [2.24, 2.45) is 0 Å². The van der Waals surface area contributed by atoms with Crippen molar-refractivity contribution in [3.8, 4) is 0 Å². The third kappa shape index (κ3) is 4.10. The molecule has 2 aromatic rings. The number of aromatic nitrogens is 1. The zero-order chi connectivity index (χ0) is 18.7. The number of pyridine rings is 1. The molecule has 1 aliphatic rings. The van der Waals surface area contributed by atoms with Crippen LogP contribution < -0.4 is 5.32 Å². The maximum atomic E-state index is 12.5. The lowest BCUT2D eigenvalue weighted by atomic mass is 9.87. The molecule has 0 bridgehead atoms. The molecule has 1 fully saturated rings. The maximum Gasteiger partial charge on any atom is 0.274 e. The molecular weight excluding hydrogens is 326 g/mol. The van der Waals surface area contributed by atoms with E-state index in [0.717, 1.165) is 25.9 Å². The summed E-state index contributed by atoms with van der Waals surface area (Å²) < 4.78 is 0. The normalized spacial score (nSPS) is 14.3. The maximum absolute atomic E-state index is 12.5. The number of carbonyl (C=O) groups is 2. The molecule has 136 valence electrons. The van der Waals surface area contributed by atoms with Gasteiger partial charge < -0.3 is 10.2 Å². The Morgan fingerprint density at radius 2 is 1.58 bits per heavy atom. The highest BCUT2D eigenvalue weighted by Crippen LogP contribution is 2.23. The van der Waals surface area contributed by atoms with Crippen molar-refractivity contribution >= 4 is 17.5 Å². The fourth-order valence-corrected chi connectivity index (χ4v) is 3.01. The third-order valence-corrected chi connectivity index (χ3v) is 4.60. The van der Waals surface area contributed by atoms with Gasteiger partial charge in [-0.25, -0.2) is 4.98 Å². The predicted molar refractivity (Wildman–Crippen MR) is 102 cm³/mol. The minimum absolute atomic E-state index is 0.0638. The van der Waals surface area contributed by atoms with Gasteiger partial charge in [0.2, 0.25) is 0 Å². The zero-order valence-corrected chi connectivity index (χ0v) is 15.6. The Morgan fingerprint density at radius 1 is 0.962 bits per heavy atom. The molecule has 0 unspecified atom stereocenters. The van der Waals surface area contributed by atoms with Crippen LogP contribution in [0.15, 0.2) is 42.5 Å². The Labute approximate surface area is 154 Å². The predicted octanol–water partition coefficient (Wildman–Crippen LogP) is 3.87. The van der Waals surface area contributed by atoms with E-state index in [1.807, 2.05) is 24.3 Å². The quantitative estimate of drug-likeness (QED) is 0.913. The Balaban J connectivity index is 1.72. The molecule has 0 spiro atoms. The average Bonchev–Trinajstić information content (AvgIpc) is 3.15. The van der Waals surface area contributed by atoms with Gasteiger partial charge in [0.05, 0.1) is 0 Å². The van der Waals surface area contributed by atoms with Crippen molar-refractivity contribution in [1.82, 2.24) is 9.88 Å². The lowest BCUT2D eigenvalue weighted by Crippen LogP contribution is -2.29. The van der Waals surface area contributed by atoms with E-state index in [2.05, 4.69) is 31.1 Å². The number of nitrogens with one attached hydrogen (secondary N) is 1. The van der Waals surface area contributed by atoms with E-state index in [4.69, 9.17) is 0 Å². The first-order chi connectivity index (χ1) is 12.3. The van der Waals surface area contributed by atoms with Crippen LogP contribution in [0.2, 0.25) is 0 Å². The molecule has 0 saturated carbocycles. The molecule has 1 aliphatic heterocycles. The molecular formula is C21H25N3O2. The Hall–Kier alpha value is -2.69. The van der Waals surface area contributed by atoms with Gasteiger partial charge in [0.1, 0.15) is 11.4 Å². The lowest BCUT2D eigenvalue weighted by Gasteiger charge is -2.19. The van der Waals surface area contributed by atoms with Crippen molar-refractivity contribution < 1.29 is 9.59 Å². The Morgan fingerprint density at radius 3 is 2.19 bits per heavy atom. The molecule has 1 aromatic heterocycles. The number of amides is 2. The topological polar surface area (TPSA) is 62.3 Å². The van der Waals surface area contributed by atoms with Crippen LogP contribution in [0.3, 0.4) is 0 Å². The number of carbonyl (C=O) groups excluding carboxylic acids is 2. The summed E-state index contributed by atoms with van der Waals surface area (Å²) in [5.41, 5.74) is 2.54. The number of benzene rings is 1. The average molecular weight is 351 g/mol. The summed E-state index contributed by atoms with van der Waals surface area (Å²) >= 11 is 0. The van der Waals surface area contributed by atoms with Crippen LogP contribution in [-0.2, 0) is 5.41 Å². The molecule has 1 aromatic carbocycles. The molecule has 5 nitrogen and oxygen atoms in total. The lowest BCUT2D eigenvalue weighted by molar-refractivity contribution is 0.0787. The fourth-order valence-electron chi connectivity index (χ4n) is 3.01. The van der Waals surface area contributed by atoms with E-state index >= 15 is 0 Å². The molecule has 0 atom stereocenters. The highest BCUT2D eigenvalue weighted by molar-refractivity contribution is 6.03. The van der Waals surface area contributed by atoms with Crippen molar-refractivity contribution in [3.05, 3.63) is 59.4 Å². The van der Waals surface area contributed by atoms with E-state index in [1.54, 1.807) is 23.1 Å². The van der Waals surface area contributed by atoms with Crippen LogP contribution in [0.5, 0.6) is 0 Å². The van der Waals surface area contributed by atoms with Crippen molar-refractivity contribution in [2.75, 3.05) is 18.4 Å². The number of likely N-dealkylation sites (tertiary alicyclic amines) is 1. The first kappa shape index (κ1) is 18.1. The third-order valence-electron chi connectivity index (χ3n) is 4.60. The second-order valence-electron chi connectivity index (χ2n) is 7.69. The zero-order valence-electron chi connectivity index (χ0n) is 15.6. The first-order valence-electron chi connectivity index (χ1n) is 9.03. The van der Waals surface area contributed by atoms with Gasteiger partial charge in [-0.05, 0) is 48.1 Å². The molecule has 3 rings (SSSR count). The van der Waals surface area contributed by atoms with Crippen LogP contribution in [0.1, 0.15) is 60.2 Å². The second kappa shape index (κ2) is 7.28. The minimum Gasteiger partial charge on any atom is -0.337 e. The first-order valence-corrected chi connectivity index (χ1v) is 9.03. The molecule has 2 amide bonds. The van der Waals surface area contributed by atoms with Crippen LogP contribution in [0.25, 0.3) is 0 Å². The molecule has 2 heterocycles. The summed E-state index contributed by atoms with van der Waals surface area (Å²) in [4.78, 5) is 31.0. The van der Waals surface area contributed by atoms with Crippen molar-refractivity contribution in [3.63, 3.8) is 0 Å². The summed E-state index contributed by atoms with van der Waals surface area (Å²) in [7, 11) is 0. The largest absolute Gasteiger partial charge is 0.337 e. The summed E-state index contributed by atoms with van der Waals surface area (Å²) in [6.45, 7) is 7.96. The van der Waals surface area contributed by atoms with Gasteiger partial charge in [0.25, 0.3) is 11.8 Å². The fraction of sp³-hybridized carbons (Fsp3) is 0.381. The van der Waals surface area contributed by atoms with Crippen LogP contribution in [0, 0.1) is 0 Å². The van der Waals surface area contributed by atoms with Gasteiger partial charge in [-0.15, -0.1) is 0 Å². The molecule has 26 heavy (non-hydrogen) atoms. The number of hydrogen-bond donors (Lipinski definition) is 1. The summed E-state index contributed by atoms with van der Waals surface area (Å²) in [6, 6.07) is 12.8. The van der Waals surface area contributed by atoms with Crippen LogP contribution in [0.4, 0.5) is 5.69 Å². The molecule has 0 radical (unpaired) electrons. The highest BCUT2D eigenvalue weighted by Gasteiger charge is 2.21. The van der Waals surface area contributed by atoms with Crippen LogP contribution in [-0.4, -0.2) is 34.8 Å². The van der Waals surface area contributed by atoms with Crippen molar-refractivity contribution in [2.45, 2.75) is 39.0 Å². The van der Waals surface area contributed by atoms with Gasteiger partial charge >= 0.3 is 0 Å². The summed E-state index contributed by atoms with van der Waals surface area (Å²) in [6.07, 6.45) is 2.05. The van der Waals surface area contributed by atoms with Crippen LogP contribution >= 0.6 is 0 Å².